The molecule has 2 aromatic rings. The van der Waals surface area contributed by atoms with Crippen molar-refractivity contribution in [3.8, 4) is 0 Å². The van der Waals surface area contributed by atoms with Crippen LogP contribution in [0, 0.1) is 0 Å². The topological polar surface area (TPSA) is 23.5 Å². The number of hydrogen-bond acceptors (Lipinski definition) is 3. The highest BCUT2D eigenvalue weighted by Crippen LogP contribution is 2.29. The molecule has 96 valence electrons. The molecule has 1 heterocycles. The van der Waals surface area contributed by atoms with Crippen LogP contribution >= 0.6 is 38.9 Å². The Morgan fingerprint density at radius 3 is 2.67 bits per heavy atom. The van der Waals surface area contributed by atoms with Crippen molar-refractivity contribution in [1.29, 1.82) is 0 Å². The quantitative estimate of drug-likeness (QED) is 0.892. The van der Waals surface area contributed by atoms with Crippen molar-refractivity contribution in [3.63, 3.8) is 0 Å². The van der Waals surface area contributed by atoms with E-state index in [0.29, 0.717) is 0 Å². The molecule has 0 aliphatic carbocycles. The Morgan fingerprint density at radius 2 is 2.11 bits per heavy atom. The van der Waals surface area contributed by atoms with Gasteiger partial charge in [-0.1, -0.05) is 17.7 Å². The predicted octanol–water partition coefficient (Wildman–Crippen LogP) is 4.29. The second-order valence-electron chi connectivity index (χ2n) is 4.01. The van der Waals surface area contributed by atoms with Crippen LogP contribution in [0.5, 0.6) is 0 Å². The number of hydrogen-bond donors (Lipinski definition) is 1. The first-order valence-corrected chi connectivity index (χ1v) is 7.43. The molecule has 0 aliphatic rings. The molecule has 0 amide bonds. The molecule has 0 spiro atoms. The Labute approximate surface area is 124 Å². The van der Waals surface area contributed by atoms with Crippen molar-refractivity contribution >= 4 is 44.6 Å². The standard InChI is InChI=1S/C13H13BrClNOS/c1-16(7-10-3-5-13(15)18-10)12-4-2-9(8-17)6-11(12)14/h2-6,17H,7-8H2,1H3. The zero-order chi connectivity index (χ0) is 13.1. The highest BCUT2D eigenvalue weighted by Gasteiger charge is 2.08. The SMILES string of the molecule is CN(Cc1ccc(Cl)s1)c1ccc(CO)cc1Br. The van der Waals surface area contributed by atoms with E-state index in [1.54, 1.807) is 11.3 Å². The van der Waals surface area contributed by atoms with Gasteiger partial charge in [0.25, 0.3) is 0 Å². The second-order valence-corrected chi connectivity index (χ2v) is 6.66. The zero-order valence-electron chi connectivity index (χ0n) is 9.86. The third-order valence-corrected chi connectivity index (χ3v) is 4.48. The van der Waals surface area contributed by atoms with E-state index in [9.17, 15) is 0 Å². The van der Waals surface area contributed by atoms with Crippen LogP contribution in [0.3, 0.4) is 0 Å². The minimum atomic E-state index is 0.0587. The lowest BCUT2D eigenvalue weighted by molar-refractivity contribution is 0.282. The maximum absolute atomic E-state index is 9.08. The molecule has 1 aromatic heterocycles. The van der Waals surface area contributed by atoms with E-state index in [2.05, 4.69) is 20.8 Å². The van der Waals surface area contributed by atoms with E-state index < -0.39 is 0 Å². The normalized spacial score (nSPS) is 10.7. The highest BCUT2D eigenvalue weighted by molar-refractivity contribution is 9.10. The van der Waals surface area contributed by atoms with Crippen LogP contribution in [0.2, 0.25) is 4.34 Å². The molecule has 1 aromatic carbocycles. The lowest BCUT2D eigenvalue weighted by Gasteiger charge is -2.20. The number of thiophene rings is 1. The number of halogens is 2. The maximum Gasteiger partial charge on any atom is 0.0931 e. The molecule has 0 saturated carbocycles. The summed E-state index contributed by atoms with van der Waals surface area (Å²) < 4.78 is 1.80. The smallest absolute Gasteiger partial charge is 0.0931 e. The first-order valence-electron chi connectivity index (χ1n) is 5.45. The predicted molar refractivity (Wildman–Crippen MR) is 81.5 cm³/mol. The van der Waals surface area contributed by atoms with Gasteiger partial charge in [0.05, 0.1) is 23.2 Å². The number of benzene rings is 1. The summed E-state index contributed by atoms with van der Waals surface area (Å²) in [6.45, 7) is 0.873. The van der Waals surface area contributed by atoms with Gasteiger partial charge in [-0.3, -0.25) is 0 Å². The molecule has 1 N–H and O–H groups in total. The molecule has 2 rings (SSSR count). The number of nitrogens with zero attached hydrogens (tertiary/aromatic N) is 1. The molecule has 0 fully saturated rings. The van der Waals surface area contributed by atoms with Gasteiger partial charge in [0.15, 0.2) is 0 Å². The fraction of sp³-hybridized carbons (Fsp3) is 0.231. The van der Waals surface area contributed by atoms with Gasteiger partial charge >= 0.3 is 0 Å². The van der Waals surface area contributed by atoms with Crippen molar-refractivity contribution in [2.24, 2.45) is 0 Å². The Hall–Kier alpha value is -0.550. The minimum Gasteiger partial charge on any atom is -0.392 e. The first-order chi connectivity index (χ1) is 8.60. The molecule has 0 aliphatic heterocycles. The van der Waals surface area contributed by atoms with Crippen molar-refractivity contribution in [3.05, 3.63) is 49.6 Å². The molecular weight excluding hydrogens is 334 g/mol. The molecule has 0 bridgehead atoms. The van der Waals surface area contributed by atoms with Crippen molar-refractivity contribution < 1.29 is 5.11 Å². The molecule has 0 unspecified atom stereocenters. The van der Waals surface area contributed by atoms with E-state index in [-0.39, 0.29) is 6.61 Å². The Balaban J connectivity index is 2.15. The molecule has 5 heteroatoms. The summed E-state index contributed by atoms with van der Waals surface area (Å²) in [6.07, 6.45) is 0. The summed E-state index contributed by atoms with van der Waals surface area (Å²) in [6, 6.07) is 9.83. The first kappa shape index (κ1) is 13.9. The lowest BCUT2D eigenvalue weighted by atomic mass is 10.2. The summed E-state index contributed by atoms with van der Waals surface area (Å²) in [5.41, 5.74) is 2.00. The summed E-state index contributed by atoms with van der Waals surface area (Å²) >= 11 is 11.0. The summed E-state index contributed by atoms with van der Waals surface area (Å²) in [5.74, 6) is 0. The van der Waals surface area contributed by atoms with Crippen molar-refractivity contribution in [2.75, 3.05) is 11.9 Å². The summed E-state index contributed by atoms with van der Waals surface area (Å²) in [5, 5.41) is 9.08. The fourth-order valence-corrected chi connectivity index (χ4v) is 3.58. The average Bonchev–Trinajstić information content (AvgIpc) is 2.74. The zero-order valence-corrected chi connectivity index (χ0v) is 13.0. The van der Waals surface area contributed by atoms with Crippen molar-refractivity contribution in [2.45, 2.75) is 13.2 Å². The third kappa shape index (κ3) is 3.26. The molecule has 0 atom stereocenters. The van der Waals surface area contributed by atoms with E-state index in [1.165, 1.54) is 4.88 Å². The van der Waals surface area contributed by atoms with Crippen LogP contribution < -0.4 is 4.90 Å². The Bertz CT molecular complexity index is 544. The Morgan fingerprint density at radius 1 is 1.33 bits per heavy atom. The monoisotopic (exact) mass is 345 g/mol. The van der Waals surface area contributed by atoms with E-state index in [1.807, 2.05) is 37.4 Å². The third-order valence-electron chi connectivity index (χ3n) is 2.63. The molecule has 18 heavy (non-hydrogen) atoms. The van der Waals surface area contributed by atoms with Gasteiger partial charge in [-0.05, 0) is 45.8 Å². The van der Waals surface area contributed by atoms with E-state index in [0.717, 1.165) is 26.6 Å². The largest absolute Gasteiger partial charge is 0.392 e. The average molecular weight is 347 g/mol. The van der Waals surface area contributed by atoms with Gasteiger partial charge in [-0.15, -0.1) is 11.3 Å². The van der Waals surface area contributed by atoms with E-state index >= 15 is 0 Å². The van der Waals surface area contributed by atoms with Crippen LogP contribution in [-0.2, 0) is 13.2 Å². The molecule has 0 saturated heterocycles. The van der Waals surface area contributed by atoms with Crippen LogP contribution in [-0.4, -0.2) is 12.2 Å². The molecule has 2 nitrogen and oxygen atoms in total. The van der Waals surface area contributed by atoms with Gasteiger partial charge in [0.2, 0.25) is 0 Å². The number of anilines is 1. The number of rotatable bonds is 4. The molecular formula is C13H13BrClNOS. The highest BCUT2D eigenvalue weighted by atomic mass is 79.9. The summed E-state index contributed by atoms with van der Waals surface area (Å²) in [7, 11) is 2.03. The van der Waals surface area contributed by atoms with Crippen LogP contribution in [0.4, 0.5) is 5.69 Å². The lowest BCUT2D eigenvalue weighted by Crippen LogP contribution is -2.16. The fourth-order valence-electron chi connectivity index (χ4n) is 1.71. The van der Waals surface area contributed by atoms with Gasteiger partial charge in [-0.25, -0.2) is 0 Å². The second kappa shape index (κ2) is 6.06. The van der Waals surface area contributed by atoms with Gasteiger partial charge < -0.3 is 10.0 Å². The molecule has 0 radical (unpaired) electrons. The number of aliphatic hydroxyl groups is 1. The van der Waals surface area contributed by atoms with Crippen LogP contribution in [0.15, 0.2) is 34.8 Å². The minimum absolute atomic E-state index is 0.0587. The van der Waals surface area contributed by atoms with Crippen LogP contribution in [0.1, 0.15) is 10.4 Å². The van der Waals surface area contributed by atoms with Gasteiger partial charge in [0.1, 0.15) is 0 Å². The van der Waals surface area contributed by atoms with Gasteiger partial charge in [0, 0.05) is 16.4 Å². The summed E-state index contributed by atoms with van der Waals surface area (Å²) in [4.78, 5) is 3.37. The van der Waals surface area contributed by atoms with Crippen molar-refractivity contribution in [1.82, 2.24) is 0 Å². The van der Waals surface area contributed by atoms with Gasteiger partial charge in [-0.2, -0.15) is 0 Å². The van der Waals surface area contributed by atoms with Crippen LogP contribution in [0.25, 0.3) is 0 Å². The maximum atomic E-state index is 9.08. The van der Waals surface area contributed by atoms with E-state index in [4.69, 9.17) is 16.7 Å². The Kier molecular flexibility index (Phi) is 4.67. The number of aliphatic hydroxyl groups excluding tert-OH is 1.